The van der Waals surface area contributed by atoms with E-state index in [2.05, 4.69) is 27.5 Å². The Hall–Kier alpha value is -1.82. The van der Waals surface area contributed by atoms with E-state index in [1.807, 2.05) is 0 Å². The minimum atomic E-state index is -0.489. The van der Waals surface area contributed by atoms with Gasteiger partial charge in [-0.1, -0.05) is 16.8 Å². The molecule has 0 radical (unpaired) electrons. The van der Waals surface area contributed by atoms with E-state index >= 15 is 0 Å². The lowest BCUT2D eigenvalue weighted by molar-refractivity contribution is -0.384. The van der Waals surface area contributed by atoms with Gasteiger partial charge in [-0.15, -0.1) is 0 Å². The molecule has 1 aromatic carbocycles. The molecule has 1 aliphatic heterocycles. The summed E-state index contributed by atoms with van der Waals surface area (Å²) >= 11 is 10.4. The molecule has 0 saturated carbocycles. The Morgan fingerprint density at radius 3 is 3.10 bits per heavy atom. The topological polar surface area (TPSA) is 77.1 Å². The molecule has 0 fully saturated rings. The summed E-state index contributed by atoms with van der Waals surface area (Å²) in [5, 5.41) is 17.3. The molecule has 2 rings (SSSR count). The van der Waals surface area contributed by atoms with Crippen LogP contribution in [-0.4, -0.2) is 28.4 Å². The largest absolute Gasteiger partial charge is 0.392 e. The Kier molecular flexibility index (Phi) is 4.79. The van der Waals surface area contributed by atoms with Crippen LogP contribution >= 0.6 is 23.8 Å². The number of nitro groups is 1. The smallest absolute Gasteiger partial charge is 0.271 e. The third-order valence-electron chi connectivity index (χ3n) is 2.79. The maximum absolute atomic E-state index is 10.8. The predicted octanol–water partition coefficient (Wildman–Crippen LogP) is 3.23. The standard InChI is InChI=1S/C12H10ClN3O3S/c13-9-3-8(4-10(5-9)16(17)18)12-6-11(19-15-12)1-2-14-7-20/h3-5,11H,1-2,6H2. The monoisotopic (exact) mass is 311 g/mol. The third-order valence-corrected chi connectivity index (χ3v) is 3.13. The lowest BCUT2D eigenvalue weighted by Gasteiger charge is -2.04. The summed E-state index contributed by atoms with van der Waals surface area (Å²) in [5.41, 5.74) is 1.18. The highest BCUT2D eigenvalue weighted by atomic mass is 35.5. The van der Waals surface area contributed by atoms with E-state index in [9.17, 15) is 10.1 Å². The van der Waals surface area contributed by atoms with Crippen molar-refractivity contribution in [3.63, 3.8) is 0 Å². The Morgan fingerprint density at radius 2 is 2.40 bits per heavy atom. The first-order valence-electron chi connectivity index (χ1n) is 5.82. The van der Waals surface area contributed by atoms with E-state index in [-0.39, 0.29) is 11.8 Å². The van der Waals surface area contributed by atoms with Crippen LogP contribution < -0.4 is 0 Å². The van der Waals surface area contributed by atoms with Crippen molar-refractivity contribution >= 4 is 40.4 Å². The van der Waals surface area contributed by atoms with Gasteiger partial charge in [-0.2, -0.15) is 0 Å². The van der Waals surface area contributed by atoms with Gasteiger partial charge in [0.2, 0.25) is 0 Å². The van der Waals surface area contributed by atoms with Crippen LogP contribution in [0, 0.1) is 10.1 Å². The molecule has 0 aliphatic carbocycles. The number of rotatable bonds is 5. The van der Waals surface area contributed by atoms with Gasteiger partial charge in [-0.05, 0) is 18.3 Å². The molecular weight excluding hydrogens is 302 g/mol. The van der Waals surface area contributed by atoms with Crippen LogP contribution in [0.4, 0.5) is 5.69 Å². The second-order valence-electron chi connectivity index (χ2n) is 4.19. The van der Waals surface area contributed by atoms with Crippen molar-refractivity contribution in [2.24, 2.45) is 10.1 Å². The van der Waals surface area contributed by atoms with Gasteiger partial charge in [0.1, 0.15) is 6.10 Å². The number of hydrogen-bond acceptors (Lipinski definition) is 6. The molecule has 0 amide bonds. The highest BCUT2D eigenvalue weighted by molar-refractivity contribution is 7.78. The molecule has 8 heteroatoms. The van der Waals surface area contributed by atoms with Crippen LogP contribution in [0.3, 0.4) is 0 Å². The highest BCUT2D eigenvalue weighted by Crippen LogP contribution is 2.25. The summed E-state index contributed by atoms with van der Waals surface area (Å²) in [6.07, 6.45) is 1.12. The number of non-ortho nitro benzene ring substituents is 1. The van der Waals surface area contributed by atoms with E-state index in [4.69, 9.17) is 16.4 Å². The zero-order chi connectivity index (χ0) is 14.5. The van der Waals surface area contributed by atoms with Gasteiger partial charge in [0.25, 0.3) is 5.69 Å². The first-order chi connectivity index (χ1) is 9.60. The Bertz CT molecular complexity index is 614. The normalized spacial score (nSPS) is 17.1. The first kappa shape index (κ1) is 14.6. The number of thiocarbonyl (C=S) groups is 1. The van der Waals surface area contributed by atoms with Gasteiger partial charge in [0.15, 0.2) is 0 Å². The fourth-order valence-electron chi connectivity index (χ4n) is 1.85. The summed E-state index contributed by atoms with van der Waals surface area (Å²) in [7, 11) is 0. The third kappa shape index (κ3) is 3.60. The molecule has 1 aliphatic rings. The van der Waals surface area contributed by atoms with Crippen LogP contribution in [0.5, 0.6) is 0 Å². The van der Waals surface area contributed by atoms with Crippen molar-refractivity contribution in [2.75, 3.05) is 6.54 Å². The summed E-state index contributed by atoms with van der Waals surface area (Å²) in [6, 6.07) is 4.37. The summed E-state index contributed by atoms with van der Waals surface area (Å²) in [6.45, 7) is 0.520. The molecule has 20 heavy (non-hydrogen) atoms. The molecule has 0 bridgehead atoms. The van der Waals surface area contributed by atoms with Gasteiger partial charge in [-0.25, -0.2) is 4.99 Å². The van der Waals surface area contributed by atoms with Crippen molar-refractivity contribution < 1.29 is 9.76 Å². The number of oxime groups is 1. The minimum absolute atomic E-state index is 0.0658. The molecule has 0 aromatic heterocycles. The lowest BCUT2D eigenvalue weighted by Crippen LogP contribution is -2.10. The average molecular weight is 312 g/mol. The molecule has 1 aromatic rings. The quantitative estimate of drug-likeness (QED) is 0.362. The zero-order valence-electron chi connectivity index (χ0n) is 10.3. The molecule has 0 N–H and O–H groups in total. The molecular formula is C12H10ClN3O3S. The van der Waals surface area contributed by atoms with Crippen LogP contribution in [0.15, 0.2) is 28.3 Å². The van der Waals surface area contributed by atoms with Crippen LogP contribution in [0.1, 0.15) is 18.4 Å². The predicted molar refractivity (Wildman–Crippen MR) is 78.6 cm³/mol. The summed E-state index contributed by atoms with van der Waals surface area (Å²) in [4.78, 5) is 19.4. The second kappa shape index (κ2) is 6.56. The Morgan fingerprint density at radius 1 is 1.60 bits per heavy atom. The number of isothiocyanates is 1. The number of halogens is 1. The van der Waals surface area contributed by atoms with Crippen LogP contribution in [-0.2, 0) is 4.84 Å². The van der Waals surface area contributed by atoms with E-state index in [1.165, 1.54) is 12.1 Å². The zero-order valence-corrected chi connectivity index (χ0v) is 11.9. The van der Waals surface area contributed by atoms with Gasteiger partial charge in [0, 0.05) is 35.6 Å². The van der Waals surface area contributed by atoms with Crippen molar-refractivity contribution in [2.45, 2.75) is 18.9 Å². The molecule has 104 valence electrons. The lowest BCUT2D eigenvalue weighted by atomic mass is 10.0. The fourth-order valence-corrected chi connectivity index (χ4v) is 2.17. The van der Waals surface area contributed by atoms with Crippen molar-refractivity contribution in [3.05, 3.63) is 38.9 Å². The van der Waals surface area contributed by atoms with E-state index in [0.29, 0.717) is 35.7 Å². The van der Waals surface area contributed by atoms with Gasteiger partial charge >= 0.3 is 0 Å². The SMILES string of the molecule is O=[N+]([O-])c1cc(Cl)cc(C2=NOC(CCN=C=S)C2)c1. The maximum Gasteiger partial charge on any atom is 0.271 e. The van der Waals surface area contributed by atoms with Crippen LogP contribution in [0.25, 0.3) is 0 Å². The number of hydrogen-bond donors (Lipinski definition) is 0. The van der Waals surface area contributed by atoms with Gasteiger partial charge in [-0.3, -0.25) is 10.1 Å². The van der Waals surface area contributed by atoms with Gasteiger partial charge in [0.05, 0.1) is 22.3 Å². The summed E-state index contributed by atoms with van der Waals surface area (Å²) in [5.74, 6) is 0. The molecule has 0 saturated heterocycles. The maximum atomic E-state index is 10.8. The molecule has 1 unspecified atom stereocenters. The molecule has 1 heterocycles. The molecule has 0 spiro atoms. The van der Waals surface area contributed by atoms with Crippen molar-refractivity contribution in [1.29, 1.82) is 0 Å². The molecule has 1 atom stereocenters. The molecule has 6 nitrogen and oxygen atoms in total. The number of aliphatic imine (C=N–C) groups is 1. The fraction of sp³-hybridized carbons (Fsp3) is 0.333. The minimum Gasteiger partial charge on any atom is -0.392 e. The Balaban J connectivity index is 2.09. The number of nitrogens with zero attached hydrogens (tertiary/aromatic N) is 3. The number of benzene rings is 1. The van der Waals surface area contributed by atoms with E-state index < -0.39 is 4.92 Å². The highest BCUT2D eigenvalue weighted by Gasteiger charge is 2.23. The Labute approximate surface area is 125 Å². The van der Waals surface area contributed by atoms with Crippen molar-refractivity contribution in [1.82, 2.24) is 0 Å². The van der Waals surface area contributed by atoms with Gasteiger partial charge < -0.3 is 4.84 Å². The van der Waals surface area contributed by atoms with E-state index in [1.54, 1.807) is 6.07 Å². The second-order valence-corrected chi connectivity index (χ2v) is 4.81. The number of nitro benzene ring substituents is 1. The average Bonchev–Trinajstić information content (AvgIpc) is 2.87. The summed E-state index contributed by atoms with van der Waals surface area (Å²) < 4.78 is 0. The first-order valence-corrected chi connectivity index (χ1v) is 6.60. The van der Waals surface area contributed by atoms with Crippen LogP contribution in [0.2, 0.25) is 5.02 Å². The van der Waals surface area contributed by atoms with E-state index in [0.717, 1.165) is 0 Å². The van der Waals surface area contributed by atoms with Crippen molar-refractivity contribution in [3.8, 4) is 0 Å².